The summed E-state index contributed by atoms with van der Waals surface area (Å²) in [4.78, 5) is 0. The molecule has 4 heteroatoms. The number of hydrogen-bond acceptors (Lipinski definition) is 3. The minimum absolute atomic E-state index is 0.337. The summed E-state index contributed by atoms with van der Waals surface area (Å²) in [5.74, 6) is 1.13. The van der Waals surface area contributed by atoms with Gasteiger partial charge in [-0.25, -0.2) is 4.68 Å². The molecular formula is C9H14N4. The molecule has 0 radical (unpaired) electrons. The Labute approximate surface area is 78.0 Å². The van der Waals surface area contributed by atoms with Gasteiger partial charge in [0.05, 0.1) is 18.7 Å². The Morgan fingerprint density at radius 3 is 2.92 bits per heavy atom. The average molecular weight is 178 g/mol. The number of nitriles is 1. The van der Waals surface area contributed by atoms with Crippen molar-refractivity contribution in [2.75, 3.05) is 5.73 Å². The Kier molecular flexibility index (Phi) is 2.91. The second kappa shape index (κ2) is 3.94. The molecule has 0 fully saturated rings. The van der Waals surface area contributed by atoms with Crippen molar-refractivity contribution in [3.05, 3.63) is 11.8 Å². The van der Waals surface area contributed by atoms with Crippen LogP contribution in [0.5, 0.6) is 0 Å². The summed E-state index contributed by atoms with van der Waals surface area (Å²) >= 11 is 0. The molecule has 0 spiro atoms. The van der Waals surface area contributed by atoms with Gasteiger partial charge in [-0.1, -0.05) is 13.8 Å². The van der Waals surface area contributed by atoms with Crippen molar-refractivity contribution < 1.29 is 0 Å². The van der Waals surface area contributed by atoms with Crippen molar-refractivity contribution in [1.82, 2.24) is 9.78 Å². The van der Waals surface area contributed by atoms with Crippen LogP contribution in [0, 0.1) is 17.2 Å². The fourth-order valence-electron chi connectivity index (χ4n) is 1.15. The van der Waals surface area contributed by atoms with Gasteiger partial charge >= 0.3 is 0 Å². The summed E-state index contributed by atoms with van der Waals surface area (Å²) in [6, 6.07) is 2.06. The molecule has 2 N–H and O–H groups in total. The maximum absolute atomic E-state index is 8.49. The van der Waals surface area contributed by atoms with E-state index < -0.39 is 0 Å². The average Bonchev–Trinajstić information content (AvgIpc) is 2.36. The van der Waals surface area contributed by atoms with Gasteiger partial charge in [-0.15, -0.1) is 0 Å². The van der Waals surface area contributed by atoms with Gasteiger partial charge < -0.3 is 5.73 Å². The minimum atomic E-state index is 0.337. The van der Waals surface area contributed by atoms with Crippen LogP contribution in [0.3, 0.4) is 0 Å². The van der Waals surface area contributed by atoms with E-state index in [1.54, 1.807) is 10.9 Å². The van der Waals surface area contributed by atoms with Crippen LogP contribution < -0.4 is 5.73 Å². The van der Waals surface area contributed by atoms with E-state index in [1.165, 1.54) is 0 Å². The van der Waals surface area contributed by atoms with E-state index in [9.17, 15) is 0 Å². The number of nitrogens with two attached hydrogens (primary N) is 1. The zero-order valence-electron chi connectivity index (χ0n) is 7.99. The van der Waals surface area contributed by atoms with Gasteiger partial charge in [-0.3, -0.25) is 0 Å². The summed E-state index contributed by atoms with van der Waals surface area (Å²) in [7, 11) is 0. The molecule has 0 aliphatic carbocycles. The zero-order valence-corrected chi connectivity index (χ0v) is 7.99. The third-order valence-corrected chi connectivity index (χ3v) is 1.77. The van der Waals surface area contributed by atoms with Gasteiger partial charge in [0.25, 0.3) is 0 Å². The van der Waals surface area contributed by atoms with Gasteiger partial charge in [-0.05, 0) is 5.92 Å². The highest BCUT2D eigenvalue weighted by Gasteiger charge is 2.07. The lowest BCUT2D eigenvalue weighted by molar-refractivity contribution is 0.488. The summed E-state index contributed by atoms with van der Waals surface area (Å²) in [6.45, 7) is 5.01. The highest BCUT2D eigenvalue weighted by atomic mass is 15.3. The molecule has 1 heterocycles. The van der Waals surface area contributed by atoms with E-state index >= 15 is 0 Å². The van der Waals surface area contributed by atoms with E-state index in [0.29, 0.717) is 18.2 Å². The third kappa shape index (κ3) is 2.22. The Morgan fingerprint density at radius 1 is 1.69 bits per heavy atom. The molecular weight excluding hydrogens is 164 g/mol. The normalized spacial score (nSPS) is 10.3. The second-order valence-electron chi connectivity index (χ2n) is 3.47. The molecule has 0 aliphatic heterocycles. The summed E-state index contributed by atoms with van der Waals surface area (Å²) < 4.78 is 1.75. The molecule has 0 saturated carbocycles. The third-order valence-electron chi connectivity index (χ3n) is 1.77. The van der Waals surface area contributed by atoms with Crippen molar-refractivity contribution in [2.24, 2.45) is 5.92 Å². The molecule has 1 aromatic rings. The molecule has 0 bridgehead atoms. The van der Waals surface area contributed by atoms with Crippen LogP contribution in [0.25, 0.3) is 0 Å². The Morgan fingerprint density at radius 2 is 2.38 bits per heavy atom. The van der Waals surface area contributed by atoms with Crippen molar-refractivity contribution >= 4 is 5.82 Å². The van der Waals surface area contributed by atoms with Gasteiger partial charge in [0.15, 0.2) is 0 Å². The lowest BCUT2D eigenvalue weighted by Crippen LogP contribution is -2.09. The molecule has 0 aromatic carbocycles. The second-order valence-corrected chi connectivity index (χ2v) is 3.47. The number of rotatable bonds is 3. The quantitative estimate of drug-likeness (QED) is 0.755. The van der Waals surface area contributed by atoms with Crippen LogP contribution in [0.15, 0.2) is 6.20 Å². The standard InChI is InChI=1S/C9H14N4/c1-7(2)6-13-9(11)8(3-4-10)5-12-13/h5,7H,3,6,11H2,1-2H3. The summed E-state index contributed by atoms with van der Waals surface area (Å²) in [5.41, 5.74) is 6.61. The van der Waals surface area contributed by atoms with Gasteiger partial charge in [0.1, 0.15) is 5.82 Å². The first kappa shape index (κ1) is 9.59. The Balaban J connectivity index is 2.81. The van der Waals surface area contributed by atoms with E-state index in [1.807, 2.05) is 0 Å². The van der Waals surface area contributed by atoms with Crippen LogP contribution >= 0.6 is 0 Å². The molecule has 13 heavy (non-hydrogen) atoms. The lowest BCUT2D eigenvalue weighted by atomic mass is 10.2. The lowest BCUT2D eigenvalue weighted by Gasteiger charge is -2.06. The van der Waals surface area contributed by atoms with Crippen LogP contribution in [0.4, 0.5) is 5.82 Å². The largest absolute Gasteiger partial charge is 0.384 e. The van der Waals surface area contributed by atoms with Crippen molar-refractivity contribution in [1.29, 1.82) is 5.26 Å². The fourth-order valence-corrected chi connectivity index (χ4v) is 1.15. The summed E-state index contributed by atoms with van der Waals surface area (Å²) in [6.07, 6.45) is 2.00. The number of aromatic nitrogens is 2. The zero-order chi connectivity index (χ0) is 9.84. The molecule has 70 valence electrons. The van der Waals surface area contributed by atoms with E-state index in [-0.39, 0.29) is 0 Å². The smallest absolute Gasteiger partial charge is 0.125 e. The van der Waals surface area contributed by atoms with E-state index in [0.717, 1.165) is 12.1 Å². The number of nitrogen functional groups attached to an aromatic ring is 1. The number of nitrogens with zero attached hydrogens (tertiary/aromatic N) is 3. The van der Waals surface area contributed by atoms with Crippen molar-refractivity contribution in [2.45, 2.75) is 26.8 Å². The molecule has 0 unspecified atom stereocenters. The number of hydrogen-bond donors (Lipinski definition) is 1. The summed E-state index contributed by atoms with van der Waals surface area (Å²) in [5, 5.41) is 12.6. The predicted molar refractivity (Wildman–Crippen MR) is 50.8 cm³/mol. The Hall–Kier alpha value is -1.50. The monoisotopic (exact) mass is 178 g/mol. The van der Waals surface area contributed by atoms with Crippen LogP contribution in [-0.2, 0) is 13.0 Å². The Bertz CT molecular complexity index is 319. The van der Waals surface area contributed by atoms with Gasteiger partial charge in [0, 0.05) is 12.1 Å². The van der Waals surface area contributed by atoms with Crippen LogP contribution in [0.1, 0.15) is 19.4 Å². The SMILES string of the molecule is CC(C)Cn1ncc(CC#N)c1N. The predicted octanol–water partition coefficient (Wildman–Crippen LogP) is 1.19. The molecule has 0 amide bonds. The van der Waals surface area contributed by atoms with Gasteiger partial charge in [-0.2, -0.15) is 10.4 Å². The molecule has 0 aliphatic rings. The molecule has 0 saturated heterocycles. The fraction of sp³-hybridized carbons (Fsp3) is 0.556. The van der Waals surface area contributed by atoms with E-state index in [2.05, 4.69) is 25.0 Å². The van der Waals surface area contributed by atoms with Gasteiger partial charge in [0.2, 0.25) is 0 Å². The molecule has 1 rings (SSSR count). The maximum atomic E-state index is 8.49. The first-order chi connectivity index (χ1) is 6.15. The van der Waals surface area contributed by atoms with Crippen molar-refractivity contribution in [3.63, 3.8) is 0 Å². The van der Waals surface area contributed by atoms with Crippen molar-refractivity contribution in [3.8, 4) is 6.07 Å². The number of anilines is 1. The topological polar surface area (TPSA) is 67.6 Å². The van der Waals surface area contributed by atoms with Crippen LogP contribution in [0.2, 0.25) is 0 Å². The van der Waals surface area contributed by atoms with Crippen LogP contribution in [-0.4, -0.2) is 9.78 Å². The molecule has 4 nitrogen and oxygen atoms in total. The maximum Gasteiger partial charge on any atom is 0.125 e. The first-order valence-corrected chi connectivity index (χ1v) is 4.32. The molecule has 0 atom stereocenters. The minimum Gasteiger partial charge on any atom is -0.384 e. The first-order valence-electron chi connectivity index (χ1n) is 4.32. The van der Waals surface area contributed by atoms with E-state index in [4.69, 9.17) is 11.0 Å². The highest BCUT2D eigenvalue weighted by molar-refractivity contribution is 5.40. The highest BCUT2D eigenvalue weighted by Crippen LogP contribution is 2.12. The molecule has 1 aromatic heterocycles.